The number of allylic oxidation sites excluding steroid dienone is 2. The lowest BCUT2D eigenvalue weighted by Crippen LogP contribution is -2.08. The molecule has 3 nitrogen and oxygen atoms in total. The van der Waals surface area contributed by atoms with Crippen molar-refractivity contribution < 1.29 is 14.6 Å². The molecular weight excluding hydrogens is 312 g/mol. The summed E-state index contributed by atoms with van der Waals surface area (Å²) in [6.45, 7) is 7.89. The average Bonchev–Trinajstić information content (AvgIpc) is 3.08. The van der Waals surface area contributed by atoms with Crippen LogP contribution in [0.4, 0.5) is 0 Å². The quantitative estimate of drug-likeness (QED) is 0.693. The van der Waals surface area contributed by atoms with Crippen LogP contribution in [-0.2, 0) is 11.2 Å². The van der Waals surface area contributed by atoms with Gasteiger partial charge in [0.25, 0.3) is 0 Å². The van der Waals surface area contributed by atoms with Gasteiger partial charge < -0.3 is 14.6 Å². The van der Waals surface area contributed by atoms with E-state index in [1.54, 1.807) is 0 Å². The Kier molecular flexibility index (Phi) is 5.98. The molecule has 25 heavy (non-hydrogen) atoms. The zero-order chi connectivity index (χ0) is 17.6. The lowest BCUT2D eigenvalue weighted by molar-refractivity contribution is 0.155. The fourth-order valence-electron chi connectivity index (χ4n) is 3.64. The van der Waals surface area contributed by atoms with E-state index in [1.807, 2.05) is 6.07 Å². The molecule has 3 rings (SSSR count). The van der Waals surface area contributed by atoms with E-state index in [0.717, 1.165) is 43.8 Å². The van der Waals surface area contributed by atoms with Gasteiger partial charge in [-0.1, -0.05) is 24.8 Å². The highest BCUT2D eigenvalue weighted by Gasteiger charge is 2.19. The van der Waals surface area contributed by atoms with Crippen LogP contribution in [0.15, 0.2) is 53.3 Å². The predicted molar refractivity (Wildman–Crippen MR) is 101 cm³/mol. The van der Waals surface area contributed by atoms with E-state index < -0.39 is 0 Å². The Labute approximate surface area is 150 Å². The van der Waals surface area contributed by atoms with Crippen molar-refractivity contribution in [2.45, 2.75) is 45.4 Å². The van der Waals surface area contributed by atoms with Gasteiger partial charge in [0.05, 0.1) is 19.0 Å². The van der Waals surface area contributed by atoms with Gasteiger partial charge in [-0.25, -0.2) is 0 Å². The van der Waals surface area contributed by atoms with E-state index in [-0.39, 0.29) is 5.76 Å². The third-order valence-electron chi connectivity index (χ3n) is 5.03. The first-order valence-corrected chi connectivity index (χ1v) is 9.20. The van der Waals surface area contributed by atoms with Crippen LogP contribution in [0.25, 0.3) is 0 Å². The third-order valence-corrected chi connectivity index (χ3v) is 5.03. The first-order valence-electron chi connectivity index (χ1n) is 9.20. The number of benzene rings is 1. The predicted octanol–water partition coefficient (Wildman–Crippen LogP) is 5.21. The molecule has 134 valence electrons. The minimum Gasteiger partial charge on any atom is -0.513 e. The van der Waals surface area contributed by atoms with E-state index in [2.05, 4.69) is 31.7 Å². The number of ether oxygens (including phenoxy) is 2. The molecule has 0 amide bonds. The molecule has 0 bridgehead atoms. The Balaban J connectivity index is 1.64. The molecular formula is C22H28O3. The van der Waals surface area contributed by atoms with Crippen molar-refractivity contribution in [3.05, 3.63) is 64.5 Å². The second-order valence-corrected chi connectivity index (χ2v) is 6.94. The van der Waals surface area contributed by atoms with Gasteiger partial charge in [0.15, 0.2) is 0 Å². The molecule has 1 aliphatic carbocycles. The molecule has 0 unspecified atom stereocenters. The van der Waals surface area contributed by atoms with E-state index in [4.69, 9.17) is 9.47 Å². The van der Waals surface area contributed by atoms with Crippen LogP contribution >= 0.6 is 0 Å². The summed E-state index contributed by atoms with van der Waals surface area (Å²) >= 11 is 0. The summed E-state index contributed by atoms with van der Waals surface area (Å²) in [5.41, 5.74) is 6.78. The van der Waals surface area contributed by atoms with Crippen molar-refractivity contribution in [2.24, 2.45) is 0 Å². The molecule has 0 aromatic heterocycles. The minimum absolute atomic E-state index is 0.237. The van der Waals surface area contributed by atoms with E-state index >= 15 is 0 Å². The lowest BCUT2D eigenvalue weighted by Gasteiger charge is -2.17. The van der Waals surface area contributed by atoms with Gasteiger partial charge in [-0.3, -0.25) is 0 Å². The highest BCUT2D eigenvalue weighted by Crippen LogP contribution is 2.34. The zero-order valence-corrected chi connectivity index (χ0v) is 15.1. The summed E-state index contributed by atoms with van der Waals surface area (Å²) in [5, 5.41) is 9.24. The first kappa shape index (κ1) is 17.8. The number of aryl methyl sites for hydroxylation is 2. The summed E-state index contributed by atoms with van der Waals surface area (Å²) < 4.78 is 11.6. The SMILES string of the molecule is C=C(O)CCc1ccc(OCC2=C(C3=CCOCC3)CCC2)c(C)c1. The third kappa shape index (κ3) is 4.76. The van der Waals surface area contributed by atoms with Crippen LogP contribution in [0.1, 0.15) is 43.2 Å². The fraction of sp³-hybridized carbons (Fsp3) is 0.455. The monoisotopic (exact) mass is 340 g/mol. The maximum atomic E-state index is 9.24. The molecule has 0 saturated heterocycles. The highest BCUT2D eigenvalue weighted by molar-refractivity contribution is 5.41. The van der Waals surface area contributed by atoms with E-state index in [0.29, 0.717) is 13.0 Å². The Morgan fingerprint density at radius 1 is 1.28 bits per heavy atom. The largest absolute Gasteiger partial charge is 0.513 e. The second-order valence-electron chi connectivity index (χ2n) is 6.94. The van der Waals surface area contributed by atoms with E-state index in [9.17, 15) is 5.11 Å². The number of hydrogen-bond acceptors (Lipinski definition) is 3. The van der Waals surface area contributed by atoms with E-state index in [1.165, 1.54) is 35.1 Å². The molecule has 2 aliphatic rings. The van der Waals surface area contributed by atoms with Crippen LogP contribution in [0, 0.1) is 6.92 Å². The van der Waals surface area contributed by atoms with Crippen LogP contribution in [-0.4, -0.2) is 24.9 Å². The molecule has 1 aliphatic heterocycles. The molecule has 0 spiro atoms. The summed E-state index contributed by atoms with van der Waals surface area (Å²) in [6, 6.07) is 6.27. The van der Waals surface area contributed by atoms with Gasteiger partial charge in [0.2, 0.25) is 0 Å². The topological polar surface area (TPSA) is 38.7 Å². The molecule has 0 radical (unpaired) electrons. The number of aliphatic hydroxyl groups excluding tert-OH is 1. The van der Waals surface area contributed by atoms with Crippen molar-refractivity contribution in [3.63, 3.8) is 0 Å². The summed E-state index contributed by atoms with van der Waals surface area (Å²) in [6.07, 6.45) is 8.23. The van der Waals surface area contributed by atoms with Crippen LogP contribution < -0.4 is 4.74 Å². The van der Waals surface area contributed by atoms with Gasteiger partial charge in [-0.2, -0.15) is 0 Å². The summed E-state index contributed by atoms with van der Waals surface area (Å²) in [4.78, 5) is 0. The number of aliphatic hydroxyl groups is 1. The van der Waals surface area contributed by atoms with Crippen molar-refractivity contribution in [1.82, 2.24) is 0 Å². The van der Waals surface area contributed by atoms with Crippen molar-refractivity contribution in [3.8, 4) is 5.75 Å². The maximum absolute atomic E-state index is 9.24. The van der Waals surface area contributed by atoms with Gasteiger partial charge in [-0.05, 0) is 72.9 Å². The Hall–Kier alpha value is -2.00. The molecule has 3 heteroatoms. The smallest absolute Gasteiger partial charge is 0.122 e. The van der Waals surface area contributed by atoms with Crippen LogP contribution in [0.5, 0.6) is 5.75 Å². The number of rotatable bonds is 7. The molecule has 1 heterocycles. The highest BCUT2D eigenvalue weighted by atomic mass is 16.5. The van der Waals surface area contributed by atoms with Gasteiger partial charge in [-0.15, -0.1) is 0 Å². The maximum Gasteiger partial charge on any atom is 0.122 e. The minimum atomic E-state index is 0.237. The lowest BCUT2D eigenvalue weighted by atomic mass is 9.98. The molecule has 1 aromatic carbocycles. The molecule has 1 aromatic rings. The fourth-order valence-corrected chi connectivity index (χ4v) is 3.64. The van der Waals surface area contributed by atoms with Gasteiger partial charge in [0.1, 0.15) is 12.4 Å². The van der Waals surface area contributed by atoms with Crippen molar-refractivity contribution in [2.75, 3.05) is 19.8 Å². The Morgan fingerprint density at radius 3 is 2.88 bits per heavy atom. The Morgan fingerprint density at radius 2 is 2.16 bits per heavy atom. The van der Waals surface area contributed by atoms with Crippen LogP contribution in [0.3, 0.4) is 0 Å². The molecule has 0 fully saturated rings. The average molecular weight is 340 g/mol. The Bertz CT molecular complexity index is 697. The summed E-state index contributed by atoms with van der Waals surface area (Å²) in [7, 11) is 0. The molecule has 1 N–H and O–H groups in total. The standard InChI is InChI=1S/C22H28O3/c1-16-14-18(7-6-17(2)23)8-9-22(16)25-15-20-4-3-5-21(20)19-10-12-24-13-11-19/h8-10,14,23H,2-7,11-13,15H2,1H3. The van der Waals surface area contributed by atoms with Crippen molar-refractivity contribution in [1.29, 1.82) is 0 Å². The molecule has 0 atom stereocenters. The second kappa shape index (κ2) is 8.39. The van der Waals surface area contributed by atoms with Gasteiger partial charge in [0, 0.05) is 6.42 Å². The summed E-state index contributed by atoms with van der Waals surface area (Å²) in [5.74, 6) is 1.19. The van der Waals surface area contributed by atoms with Gasteiger partial charge >= 0.3 is 0 Å². The van der Waals surface area contributed by atoms with Crippen LogP contribution in [0.2, 0.25) is 0 Å². The molecule has 0 saturated carbocycles. The normalized spacial score (nSPS) is 17.6. The number of hydrogen-bond donors (Lipinski definition) is 1. The zero-order valence-electron chi connectivity index (χ0n) is 15.1. The van der Waals surface area contributed by atoms with Crippen molar-refractivity contribution >= 4 is 0 Å². The first-order chi connectivity index (χ1) is 12.1.